The smallest absolute Gasteiger partial charge is 0.333 e. The lowest BCUT2D eigenvalue weighted by Gasteiger charge is -2.37. The number of carbonyl (C=O) groups excluding carboxylic acids is 5. The second kappa shape index (κ2) is 19.9. The van der Waals surface area contributed by atoms with Crippen LogP contribution in [0.25, 0.3) is 0 Å². The third kappa shape index (κ3) is 11.9. The molecular weight excluding hydrogens is 466 g/mol. The molecule has 0 aromatic carbocycles. The molecule has 1 aliphatic rings. The zero-order valence-corrected chi connectivity index (χ0v) is 21.0. The van der Waals surface area contributed by atoms with Crippen LogP contribution in [0.3, 0.4) is 0 Å². The summed E-state index contributed by atoms with van der Waals surface area (Å²) in [6.45, 7) is 1.70. The Morgan fingerprint density at radius 1 is 0.694 bits per heavy atom. The van der Waals surface area contributed by atoms with E-state index in [-0.39, 0.29) is 13.1 Å². The molecule has 1 rings (SSSR count). The monoisotopic (exact) mass is 503 g/mol. The van der Waals surface area contributed by atoms with Crippen LogP contribution in [-0.4, -0.2) is 72.6 Å². The van der Waals surface area contributed by atoms with Crippen LogP contribution in [0.5, 0.6) is 0 Å². The van der Waals surface area contributed by atoms with Gasteiger partial charge in [0.2, 0.25) is 24.0 Å². The quantitative estimate of drug-likeness (QED) is 0.0763. The number of ether oxygens (including phenoxy) is 1. The van der Waals surface area contributed by atoms with Gasteiger partial charge in [-0.1, -0.05) is 38.5 Å². The van der Waals surface area contributed by atoms with Gasteiger partial charge in [-0.2, -0.15) is 5.26 Å². The van der Waals surface area contributed by atoms with E-state index in [1.807, 2.05) is 0 Å². The van der Waals surface area contributed by atoms with Crippen molar-refractivity contribution in [3.8, 4) is 6.26 Å². The van der Waals surface area contributed by atoms with E-state index in [4.69, 9.17) is 5.26 Å². The second-order valence-electron chi connectivity index (χ2n) is 8.73. The van der Waals surface area contributed by atoms with Crippen LogP contribution >= 0.6 is 0 Å². The van der Waals surface area contributed by atoms with Crippen LogP contribution in [0.1, 0.15) is 83.5 Å². The largest absolute Gasteiger partial charge is 0.428 e. The molecule has 36 heavy (non-hydrogen) atoms. The molecule has 1 atom stereocenters. The molecule has 0 N–H and O–H groups in total. The number of rotatable bonds is 21. The molecule has 0 aromatic rings. The number of unbranched alkanes of at least 4 members (excludes halogenated alkanes) is 9. The summed E-state index contributed by atoms with van der Waals surface area (Å²) >= 11 is 0. The first-order valence-electron chi connectivity index (χ1n) is 12.8. The molecule has 4 amide bonds. The Bertz CT molecular complexity index is 777. The van der Waals surface area contributed by atoms with Crippen LogP contribution in [0.2, 0.25) is 0 Å². The minimum Gasteiger partial charge on any atom is -0.428 e. The minimum absolute atomic E-state index is 0.254. The summed E-state index contributed by atoms with van der Waals surface area (Å²) < 4.78 is 4.65. The van der Waals surface area contributed by atoms with Crippen molar-refractivity contribution in [1.82, 2.24) is 9.80 Å². The van der Waals surface area contributed by atoms with E-state index in [1.165, 1.54) is 22.0 Å². The van der Waals surface area contributed by atoms with Gasteiger partial charge < -0.3 is 4.74 Å². The average Bonchev–Trinajstić information content (AvgIpc) is 2.87. The zero-order valence-electron chi connectivity index (χ0n) is 21.0. The average molecular weight is 504 g/mol. The summed E-state index contributed by atoms with van der Waals surface area (Å²) in [4.78, 5) is 68.9. The van der Waals surface area contributed by atoms with Crippen molar-refractivity contribution in [1.29, 1.82) is 5.26 Å². The van der Waals surface area contributed by atoms with Crippen molar-refractivity contribution >= 4 is 30.0 Å². The number of aliphatic imine (C=N–C) groups is 2. The van der Waals surface area contributed by atoms with Crippen molar-refractivity contribution in [2.75, 3.05) is 32.8 Å². The molecule has 1 fully saturated rings. The molecule has 0 radical (unpaired) electrons. The normalized spacial score (nSPS) is 15.3. The molecule has 0 saturated carbocycles. The van der Waals surface area contributed by atoms with E-state index < -0.39 is 23.8 Å². The lowest BCUT2D eigenvalue weighted by molar-refractivity contribution is -0.149. The van der Waals surface area contributed by atoms with Crippen molar-refractivity contribution in [3.63, 3.8) is 0 Å². The standard InChI is InChI=1S/C25H37N5O6/c26-19-36-18-12-6-5-11-17-30-24(34)22(13-7-1-2-8-14-27-20-31)23(33)29(25(30)35)16-10-4-3-9-15-28-21-32/h22H,1-18H2. The van der Waals surface area contributed by atoms with Crippen LogP contribution in [0, 0.1) is 17.4 Å². The molecular formula is C25H37N5O6. The Kier molecular flexibility index (Phi) is 17.0. The number of hydrogen-bond acceptors (Lipinski definition) is 9. The summed E-state index contributed by atoms with van der Waals surface area (Å²) in [6.07, 6.45) is 13.9. The second-order valence-corrected chi connectivity index (χ2v) is 8.73. The van der Waals surface area contributed by atoms with E-state index in [2.05, 4.69) is 14.7 Å². The fourth-order valence-corrected chi connectivity index (χ4v) is 4.12. The number of imide groups is 2. The Morgan fingerprint density at radius 3 is 1.67 bits per heavy atom. The highest BCUT2D eigenvalue weighted by atomic mass is 16.5. The number of urea groups is 1. The van der Waals surface area contributed by atoms with Crippen molar-refractivity contribution in [2.24, 2.45) is 15.9 Å². The third-order valence-corrected chi connectivity index (χ3v) is 6.08. The number of carbonyl (C=O) groups is 3. The van der Waals surface area contributed by atoms with Crippen molar-refractivity contribution < 1.29 is 28.7 Å². The van der Waals surface area contributed by atoms with Gasteiger partial charge in [-0.15, -0.1) is 0 Å². The molecule has 1 saturated heterocycles. The predicted octanol–water partition coefficient (Wildman–Crippen LogP) is 3.63. The van der Waals surface area contributed by atoms with E-state index >= 15 is 0 Å². The van der Waals surface area contributed by atoms with E-state index in [9.17, 15) is 24.0 Å². The molecule has 11 heteroatoms. The predicted molar refractivity (Wildman–Crippen MR) is 130 cm³/mol. The van der Waals surface area contributed by atoms with Crippen molar-refractivity contribution in [2.45, 2.75) is 83.5 Å². The molecule has 11 nitrogen and oxygen atoms in total. The van der Waals surface area contributed by atoms with Crippen LogP contribution in [0.4, 0.5) is 4.79 Å². The number of hydrogen-bond donors (Lipinski definition) is 0. The maximum Gasteiger partial charge on any atom is 0.333 e. The van der Waals surface area contributed by atoms with Gasteiger partial charge in [-0.25, -0.2) is 24.4 Å². The summed E-state index contributed by atoms with van der Waals surface area (Å²) in [6, 6.07) is -0.550. The number of nitriles is 1. The number of amides is 4. The number of barbiturate groups is 1. The van der Waals surface area contributed by atoms with E-state index in [0.717, 1.165) is 57.8 Å². The van der Waals surface area contributed by atoms with Crippen LogP contribution < -0.4 is 0 Å². The van der Waals surface area contributed by atoms with Crippen LogP contribution in [0.15, 0.2) is 9.98 Å². The number of nitrogens with zero attached hydrogens (tertiary/aromatic N) is 5. The summed E-state index contributed by atoms with van der Waals surface area (Å²) in [7, 11) is 0. The number of isocyanates is 2. The summed E-state index contributed by atoms with van der Waals surface area (Å²) in [5.74, 6) is -1.71. The summed E-state index contributed by atoms with van der Waals surface area (Å²) in [5.41, 5.74) is 0. The van der Waals surface area contributed by atoms with Crippen molar-refractivity contribution in [3.05, 3.63) is 0 Å². The van der Waals surface area contributed by atoms with Gasteiger partial charge in [0.15, 0.2) is 0 Å². The molecule has 0 aliphatic carbocycles. The minimum atomic E-state index is -0.860. The van der Waals surface area contributed by atoms with Gasteiger partial charge in [-0.3, -0.25) is 19.4 Å². The van der Waals surface area contributed by atoms with Gasteiger partial charge in [-0.05, 0) is 44.9 Å². The first-order valence-corrected chi connectivity index (χ1v) is 12.8. The van der Waals surface area contributed by atoms with Gasteiger partial charge in [0, 0.05) is 13.1 Å². The molecule has 0 bridgehead atoms. The molecule has 1 heterocycles. The van der Waals surface area contributed by atoms with Gasteiger partial charge in [0.25, 0.3) is 6.26 Å². The fraction of sp³-hybridized carbons (Fsp3) is 0.760. The van der Waals surface area contributed by atoms with Gasteiger partial charge >= 0.3 is 6.03 Å². The van der Waals surface area contributed by atoms with Gasteiger partial charge in [0.05, 0.1) is 13.1 Å². The molecule has 1 unspecified atom stereocenters. The Labute approximate surface area is 212 Å². The highest BCUT2D eigenvalue weighted by Gasteiger charge is 2.44. The molecule has 0 spiro atoms. The SMILES string of the molecule is N#COCCCCCCN1C(=O)C(CCCCCCN=C=O)C(=O)N(CCCCCCN=C=O)C1=O. The van der Waals surface area contributed by atoms with Gasteiger partial charge in [0.1, 0.15) is 12.5 Å². The highest BCUT2D eigenvalue weighted by molar-refractivity contribution is 6.16. The highest BCUT2D eigenvalue weighted by Crippen LogP contribution is 2.24. The molecule has 198 valence electrons. The summed E-state index contributed by atoms with van der Waals surface area (Å²) in [5, 5.41) is 8.40. The third-order valence-electron chi connectivity index (χ3n) is 6.08. The van der Waals surface area contributed by atoms with Crippen LogP contribution in [-0.2, 0) is 23.9 Å². The lowest BCUT2D eigenvalue weighted by atomic mass is 9.95. The maximum atomic E-state index is 13.1. The Hall–Kier alpha value is -3.34. The molecule has 0 aromatic heterocycles. The first kappa shape index (κ1) is 30.7. The fourth-order valence-electron chi connectivity index (χ4n) is 4.12. The maximum absolute atomic E-state index is 13.1. The van der Waals surface area contributed by atoms with E-state index in [1.54, 1.807) is 6.26 Å². The van der Waals surface area contributed by atoms with E-state index in [0.29, 0.717) is 45.4 Å². The zero-order chi connectivity index (χ0) is 26.4. The Morgan fingerprint density at radius 2 is 1.17 bits per heavy atom. The molecule has 1 aliphatic heterocycles. The lowest BCUT2D eigenvalue weighted by Crippen LogP contribution is -2.60. The first-order chi connectivity index (χ1) is 17.6. The Balaban J connectivity index is 2.65. The topological polar surface area (TPSA) is 150 Å².